The van der Waals surface area contributed by atoms with Crippen LogP contribution in [0.15, 0.2) is 15.5 Å². The number of hydrogen-bond donors (Lipinski definition) is 1. The summed E-state index contributed by atoms with van der Waals surface area (Å²) in [6, 6.07) is -0.0388. The van der Waals surface area contributed by atoms with Gasteiger partial charge < -0.3 is 19.2 Å². The standard InChI is InChI=1S/C20H28N4O4/c1-5-13(6-2)19(26)24-9-7-14(8-10-24)22-17(25)15-12(3)28-18-16(15)20(27)23(4)11-21-18/h11,13-14H,5-10H2,1-4H3,(H,22,25). The minimum absolute atomic E-state index is 0.0388. The van der Waals surface area contributed by atoms with E-state index in [0.29, 0.717) is 31.7 Å². The maximum atomic E-state index is 12.9. The summed E-state index contributed by atoms with van der Waals surface area (Å²) in [5, 5.41) is 3.21. The Labute approximate surface area is 163 Å². The van der Waals surface area contributed by atoms with Crippen LogP contribution in [0.1, 0.15) is 55.6 Å². The van der Waals surface area contributed by atoms with Crippen LogP contribution in [0.2, 0.25) is 0 Å². The van der Waals surface area contributed by atoms with E-state index in [4.69, 9.17) is 4.42 Å². The van der Waals surface area contributed by atoms with Gasteiger partial charge in [0.15, 0.2) is 0 Å². The van der Waals surface area contributed by atoms with Gasteiger partial charge in [0.1, 0.15) is 17.5 Å². The predicted octanol–water partition coefficient (Wildman–Crippen LogP) is 1.99. The molecular weight excluding hydrogens is 360 g/mol. The molecule has 1 fully saturated rings. The molecule has 2 aromatic heterocycles. The van der Waals surface area contributed by atoms with Crippen molar-refractivity contribution in [2.45, 2.75) is 52.5 Å². The molecule has 1 aliphatic heterocycles. The van der Waals surface area contributed by atoms with Crippen molar-refractivity contribution in [2.75, 3.05) is 13.1 Å². The quantitative estimate of drug-likeness (QED) is 0.845. The van der Waals surface area contributed by atoms with Gasteiger partial charge in [0.2, 0.25) is 11.6 Å². The van der Waals surface area contributed by atoms with Crippen molar-refractivity contribution in [3.05, 3.63) is 28.0 Å². The van der Waals surface area contributed by atoms with E-state index >= 15 is 0 Å². The van der Waals surface area contributed by atoms with Crippen LogP contribution in [-0.4, -0.2) is 45.4 Å². The van der Waals surface area contributed by atoms with Crippen LogP contribution >= 0.6 is 0 Å². The number of amides is 2. The number of carbonyl (C=O) groups is 2. The minimum atomic E-state index is -0.328. The molecule has 152 valence electrons. The van der Waals surface area contributed by atoms with E-state index in [1.807, 2.05) is 18.7 Å². The van der Waals surface area contributed by atoms with Crippen LogP contribution in [0.5, 0.6) is 0 Å². The number of nitrogens with zero attached hydrogens (tertiary/aromatic N) is 3. The first-order valence-electron chi connectivity index (χ1n) is 9.91. The second-order valence-corrected chi connectivity index (χ2v) is 7.46. The van der Waals surface area contributed by atoms with E-state index in [0.717, 1.165) is 12.8 Å². The third kappa shape index (κ3) is 3.68. The lowest BCUT2D eigenvalue weighted by atomic mass is 9.98. The van der Waals surface area contributed by atoms with Gasteiger partial charge in [-0.1, -0.05) is 13.8 Å². The Bertz CT molecular complexity index is 934. The molecule has 0 atom stereocenters. The first-order valence-corrected chi connectivity index (χ1v) is 9.91. The maximum Gasteiger partial charge on any atom is 0.265 e. The lowest BCUT2D eigenvalue weighted by Crippen LogP contribution is -2.48. The lowest BCUT2D eigenvalue weighted by Gasteiger charge is -2.34. The number of aromatic nitrogens is 2. The Hall–Kier alpha value is -2.64. The van der Waals surface area contributed by atoms with Crippen molar-refractivity contribution in [2.24, 2.45) is 13.0 Å². The lowest BCUT2D eigenvalue weighted by molar-refractivity contribution is -0.136. The van der Waals surface area contributed by atoms with Crippen LogP contribution in [0.3, 0.4) is 0 Å². The molecular formula is C20H28N4O4. The monoisotopic (exact) mass is 388 g/mol. The van der Waals surface area contributed by atoms with E-state index in [1.165, 1.54) is 10.9 Å². The highest BCUT2D eigenvalue weighted by Gasteiger charge is 2.29. The number of furan rings is 1. The number of fused-ring (bicyclic) bond motifs is 1. The average molecular weight is 388 g/mol. The van der Waals surface area contributed by atoms with Gasteiger partial charge in [-0.2, -0.15) is 0 Å². The molecule has 1 N–H and O–H groups in total. The van der Waals surface area contributed by atoms with Crippen LogP contribution < -0.4 is 10.9 Å². The molecule has 8 nitrogen and oxygen atoms in total. The van der Waals surface area contributed by atoms with Gasteiger partial charge in [-0.3, -0.25) is 14.4 Å². The molecule has 2 aromatic rings. The van der Waals surface area contributed by atoms with Gasteiger partial charge >= 0.3 is 0 Å². The number of aryl methyl sites for hydroxylation is 2. The van der Waals surface area contributed by atoms with Gasteiger partial charge in [-0.15, -0.1) is 0 Å². The molecule has 0 spiro atoms. The molecule has 0 radical (unpaired) electrons. The minimum Gasteiger partial charge on any atom is -0.442 e. The summed E-state index contributed by atoms with van der Waals surface area (Å²) in [4.78, 5) is 43.8. The highest BCUT2D eigenvalue weighted by atomic mass is 16.3. The molecule has 1 saturated heterocycles. The van der Waals surface area contributed by atoms with E-state index in [9.17, 15) is 14.4 Å². The molecule has 0 unspecified atom stereocenters. The molecule has 0 bridgehead atoms. The highest BCUT2D eigenvalue weighted by molar-refractivity contribution is 6.06. The summed E-state index contributed by atoms with van der Waals surface area (Å²) in [5.41, 5.74) is 0.119. The Morgan fingerprint density at radius 2 is 1.93 bits per heavy atom. The zero-order valence-corrected chi connectivity index (χ0v) is 16.9. The predicted molar refractivity (Wildman–Crippen MR) is 105 cm³/mol. The summed E-state index contributed by atoms with van der Waals surface area (Å²) in [7, 11) is 1.59. The fourth-order valence-electron chi connectivity index (χ4n) is 3.86. The van der Waals surface area contributed by atoms with E-state index in [-0.39, 0.29) is 46.0 Å². The first kappa shape index (κ1) is 20.1. The molecule has 1 aliphatic rings. The fraction of sp³-hybridized carbons (Fsp3) is 0.600. The van der Waals surface area contributed by atoms with Crippen molar-refractivity contribution in [1.29, 1.82) is 0 Å². The molecule has 2 amide bonds. The smallest absolute Gasteiger partial charge is 0.265 e. The van der Waals surface area contributed by atoms with Gasteiger partial charge in [0, 0.05) is 32.1 Å². The normalized spacial score (nSPS) is 15.4. The Kier molecular flexibility index (Phi) is 5.86. The number of nitrogens with one attached hydrogen (secondary N) is 1. The largest absolute Gasteiger partial charge is 0.442 e. The summed E-state index contributed by atoms with van der Waals surface area (Å²) in [6.45, 7) is 7.00. The van der Waals surface area contributed by atoms with E-state index < -0.39 is 0 Å². The van der Waals surface area contributed by atoms with Crippen LogP contribution in [0.4, 0.5) is 0 Å². The average Bonchev–Trinajstić information content (AvgIpc) is 3.03. The SMILES string of the molecule is CCC(CC)C(=O)N1CCC(NC(=O)c2c(C)oc3ncn(C)c(=O)c23)CC1. The van der Waals surface area contributed by atoms with Crippen molar-refractivity contribution in [1.82, 2.24) is 19.8 Å². The summed E-state index contributed by atoms with van der Waals surface area (Å²) in [6.07, 6.45) is 4.47. The zero-order valence-electron chi connectivity index (χ0n) is 16.9. The van der Waals surface area contributed by atoms with E-state index in [2.05, 4.69) is 10.3 Å². The molecule has 8 heteroatoms. The molecule has 3 heterocycles. The van der Waals surface area contributed by atoms with Gasteiger partial charge in [-0.25, -0.2) is 4.98 Å². The number of likely N-dealkylation sites (tertiary alicyclic amines) is 1. The van der Waals surface area contributed by atoms with Crippen LogP contribution in [0.25, 0.3) is 11.1 Å². The number of hydrogen-bond acceptors (Lipinski definition) is 5. The second kappa shape index (κ2) is 8.16. The Morgan fingerprint density at radius 3 is 2.54 bits per heavy atom. The van der Waals surface area contributed by atoms with Gasteiger partial charge in [0.05, 0.1) is 5.56 Å². The second-order valence-electron chi connectivity index (χ2n) is 7.46. The maximum absolute atomic E-state index is 12.9. The van der Waals surface area contributed by atoms with Crippen molar-refractivity contribution in [3.63, 3.8) is 0 Å². The van der Waals surface area contributed by atoms with Gasteiger partial charge in [0.25, 0.3) is 11.5 Å². The zero-order chi connectivity index (χ0) is 20.4. The summed E-state index contributed by atoms with van der Waals surface area (Å²) < 4.78 is 6.84. The van der Waals surface area contributed by atoms with Crippen LogP contribution in [-0.2, 0) is 11.8 Å². The van der Waals surface area contributed by atoms with Crippen LogP contribution in [0, 0.1) is 12.8 Å². The Balaban J connectivity index is 1.70. The molecule has 0 aliphatic carbocycles. The Morgan fingerprint density at radius 1 is 1.29 bits per heavy atom. The highest BCUT2D eigenvalue weighted by Crippen LogP contribution is 2.22. The summed E-state index contributed by atoms with van der Waals surface area (Å²) in [5.74, 6) is 0.339. The fourth-order valence-corrected chi connectivity index (χ4v) is 3.86. The van der Waals surface area contributed by atoms with Crippen molar-refractivity contribution >= 4 is 22.9 Å². The van der Waals surface area contributed by atoms with Crippen molar-refractivity contribution < 1.29 is 14.0 Å². The van der Waals surface area contributed by atoms with E-state index in [1.54, 1.807) is 14.0 Å². The topological polar surface area (TPSA) is 97.4 Å². The molecule has 0 saturated carbocycles. The number of rotatable bonds is 5. The number of carbonyl (C=O) groups excluding carboxylic acids is 2. The first-order chi connectivity index (χ1) is 13.4. The third-order valence-electron chi connectivity index (χ3n) is 5.65. The molecule has 0 aromatic carbocycles. The summed E-state index contributed by atoms with van der Waals surface area (Å²) >= 11 is 0. The third-order valence-corrected chi connectivity index (χ3v) is 5.65. The van der Waals surface area contributed by atoms with Crippen molar-refractivity contribution in [3.8, 4) is 0 Å². The molecule has 28 heavy (non-hydrogen) atoms. The number of piperidine rings is 1. The van der Waals surface area contributed by atoms with Gasteiger partial charge in [-0.05, 0) is 32.6 Å². The molecule has 3 rings (SSSR count).